The van der Waals surface area contributed by atoms with Gasteiger partial charge in [-0.05, 0) is 37.7 Å². The summed E-state index contributed by atoms with van der Waals surface area (Å²) in [7, 11) is 0. The van der Waals surface area contributed by atoms with Gasteiger partial charge in [0.25, 0.3) is 11.8 Å². The average Bonchev–Trinajstić information content (AvgIpc) is 3.51. The third-order valence-corrected chi connectivity index (χ3v) is 7.40. The lowest BCUT2D eigenvalue weighted by Crippen LogP contribution is -2.58. The molecule has 3 heterocycles. The fraction of sp³-hybridized carbons (Fsp3) is 0.435. The van der Waals surface area contributed by atoms with Crippen LogP contribution in [0.15, 0.2) is 29.2 Å². The Kier molecular flexibility index (Phi) is 4.23. The van der Waals surface area contributed by atoms with Crippen LogP contribution in [0.5, 0.6) is 5.75 Å². The van der Waals surface area contributed by atoms with E-state index in [1.54, 1.807) is 4.90 Å². The maximum atomic E-state index is 14.1. The van der Waals surface area contributed by atoms with Crippen LogP contribution in [0.25, 0.3) is 0 Å². The fourth-order valence-electron chi connectivity index (χ4n) is 5.74. The van der Waals surface area contributed by atoms with Crippen molar-refractivity contribution in [3.8, 4) is 5.75 Å². The zero-order valence-electron chi connectivity index (χ0n) is 17.6. The Bertz CT molecular complexity index is 1280. The second-order valence-corrected chi connectivity index (χ2v) is 9.29. The topological polar surface area (TPSA) is 101 Å². The molecule has 2 aliphatic heterocycles. The minimum absolute atomic E-state index is 0.0440. The summed E-state index contributed by atoms with van der Waals surface area (Å²) >= 11 is 0. The Labute approximate surface area is 186 Å². The molecular weight excluding hydrogens is 436 g/mol. The van der Waals surface area contributed by atoms with E-state index in [2.05, 4.69) is 5.32 Å². The van der Waals surface area contributed by atoms with Gasteiger partial charge in [-0.15, -0.1) is 0 Å². The summed E-state index contributed by atoms with van der Waals surface area (Å²) < 4.78 is 34.8. The zero-order valence-corrected chi connectivity index (χ0v) is 17.6. The van der Waals surface area contributed by atoms with E-state index in [-0.39, 0.29) is 35.5 Å². The van der Waals surface area contributed by atoms with Crippen LogP contribution in [-0.4, -0.2) is 44.8 Å². The molecule has 1 aromatic heterocycles. The van der Waals surface area contributed by atoms with Gasteiger partial charge in [-0.3, -0.25) is 14.4 Å². The molecule has 2 aliphatic carbocycles. The SMILES string of the molecule is C[C@@H](NC(=O)c1cn2c(c(O)c1=O)C(=O)N1C3CC(O[C@@H]1C2)[C@@H]1C[C@H]31)c1ccc(F)cc1F. The number of pyridine rings is 1. The number of hydrogen-bond donors (Lipinski definition) is 2. The molecule has 6 rings (SSSR count). The maximum Gasteiger partial charge on any atom is 0.276 e. The van der Waals surface area contributed by atoms with Crippen molar-refractivity contribution in [1.82, 2.24) is 14.8 Å². The molecule has 2 saturated carbocycles. The van der Waals surface area contributed by atoms with Crippen LogP contribution >= 0.6 is 0 Å². The lowest BCUT2D eigenvalue weighted by Gasteiger charge is -2.45. The molecule has 0 radical (unpaired) electrons. The van der Waals surface area contributed by atoms with Crippen molar-refractivity contribution in [1.29, 1.82) is 0 Å². The van der Waals surface area contributed by atoms with Crippen molar-refractivity contribution in [2.24, 2.45) is 11.8 Å². The van der Waals surface area contributed by atoms with Crippen LogP contribution in [0.3, 0.4) is 0 Å². The third-order valence-electron chi connectivity index (χ3n) is 7.40. The number of fused-ring (bicyclic) bond motifs is 8. The Morgan fingerprint density at radius 2 is 2.03 bits per heavy atom. The first-order valence-corrected chi connectivity index (χ1v) is 10.9. The van der Waals surface area contributed by atoms with Gasteiger partial charge in [-0.25, -0.2) is 8.78 Å². The highest BCUT2D eigenvalue weighted by Crippen LogP contribution is 2.58. The first kappa shape index (κ1) is 20.3. The number of rotatable bonds is 3. The van der Waals surface area contributed by atoms with E-state index < -0.39 is 46.9 Å². The van der Waals surface area contributed by atoms with Crippen molar-refractivity contribution in [3.63, 3.8) is 0 Å². The molecule has 8 nitrogen and oxygen atoms in total. The van der Waals surface area contributed by atoms with Crippen molar-refractivity contribution in [2.45, 2.75) is 50.7 Å². The highest BCUT2D eigenvalue weighted by Gasteiger charge is 2.63. The van der Waals surface area contributed by atoms with Gasteiger partial charge in [0.15, 0.2) is 17.7 Å². The second kappa shape index (κ2) is 6.86. The number of carbonyl (C=O) groups is 2. The Morgan fingerprint density at radius 3 is 2.79 bits per heavy atom. The van der Waals surface area contributed by atoms with Gasteiger partial charge < -0.3 is 24.6 Å². The van der Waals surface area contributed by atoms with Crippen LogP contribution in [0, 0.1) is 23.5 Å². The molecule has 4 aliphatic rings. The summed E-state index contributed by atoms with van der Waals surface area (Å²) in [6, 6.07) is 2.15. The Balaban J connectivity index is 1.31. The summed E-state index contributed by atoms with van der Waals surface area (Å²) in [6.45, 7) is 1.67. The highest BCUT2D eigenvalue weighted by molar-refractivity contribution is 5.99. The molecule has 172 valence electrons. The van der Waals surface area contributed by atoms with Crippen molar-refractivity contribution in [3.05, 3.63) is 63.1 Å². The summed E-state index contributed by atoms with van der Waals surface area (Å²) in [5, 5.41) is 13.1. The summed E-state index contributed by atoms with van der Waals surface area (Å²) in [5.41, 5.74) is -1.48. The van der Waals surface area contributed by atoms with Crippen LogP contribution in [0.4, 0.5) is 8.78 Å². The second-order valence-electron chi connectivity index (χ2n) is 9.29. The molecule has 33 heavy (non-hydrogen) atoms. The van der Waals surface area contributed by atoms with E-state index in [9.17, 15) is 28.3 Å². The quantitative estimate of drug-likeness (QED) is 0.734. The number of aromatic nitrogens is 1. The number of nitrogens with zero attached hydrogens (tertiary/aromatic N) is 2. The summed E-state index contributed by atoms with van der Waals surface area (Å²) in [4.78, 5) is 40.5. The van der Waals surface area contributed by atoms with Gasteiger partial charge in [-0.1, -0.05) is 6.07 Å². The molecule has 2 amide bonds. The first-order chi connectivity index (χ1) is 15.7. The van der Waals surface area contributed by atoms with Gasteiger partial charge in [0.1, 0.15) is 17.2 Å². The number of benzene rings is 1. The minimum atomic E-state index is -0.983. The van der Waals surface area contributed by atoms with Gasteiger partial charge >= 0.3 is 0 Å². The van der Waals surface area contributed by atoms with Gasteiger partial charge in [0.2, 0.25) is 5.43 Å². The van der Waals surface area contributed by atoms with E-state index in [0.29, 0.717) is 17.9 Å². The Morgan fingerprint density at radius 1 is 1.24 bits per heavy atom. The normalized spacial score (nSPS) is 29.7. The maximum absolute atomic E-state index is 14.1. The molecule has 0 spiro atoms. The van der Waals surface area contributed by atoms with E-state index in [1.807, 2.05) is 0 Å². The number of aromatic hydroxyl groups is 1. The molecule has 2 unspecified atom stereocenters. The fourth-order valence-corrected chi connectivity index (χ4v) is 5.74. The summed E-state index contributed by atoms with van der Waals surface area (Å²) in [5.74, 6) is -2.84. The molecule has 6 atom stereocenters. The van der Waals surface area contributed by atoms with Crippen LogP contribution in [-0.2, 0) is 11.3 Å². The number of ether oxygens (including phenoxy) is 1. The van der Waals surface area contributed by atoms with E-state index in [0.717, 1.165) is 18.9 Å². The van der Waals surface area contributed by atoms with Crippen molar-refractivity contribution in [2.75, 3.05) is 0 Å². The average molecular weight is 457 g/mol. The standard InChI is InChI=1S/C23H21F2N3O5/c1-9(11-3-2-10(24)4-15(11)25)26-22(31)14-7-27-8-18-28(23(32)19(27)21(30)20(14)29)16-6-17(33-18)13-5-12(13)16/h2-4,7,9,12-13,16-18,30H,5-6,8H2,1H3,(H,26,31)/t9-,12+,13-,16?,17?,18-/m1/s1. The molecule has 1 aromatic carbocycles. The van der Waals surface area contributed by atoms with Crippen molar-refractivity contribution >= 4 is 11.8 Å². The predicted octanol–water partition coefficient (Wildman–Crippen LogP) is 1.91. The number of amides is 2. The predicted molar refractivity (Wildman–Crippen MR) is 109 cm³/mol. The van der Waals surface area contributed by atoms with Crippen molar-refractivity contribution < 1.29 is 28.2 Å². The van der Waals surface area contributed by atoms with Crippen LogP contribution in [0.2, 0.25) is 0 Å². The number of hydrogen-bond acceptors (Lipinski definition) is 5. The minimum Gasteiger partial charge on any atom is -0.503 e. The molecule has 3 fully saturated rings. The molecular formula is C23H21F2N3O5. The number of carbonyl (C=O) groups excluding carboxylic acids is 2. The van der Waals surface area contributed by atoms with E-state index in [1.165, 1.54) is 23.8 Å². The van der Waals surface area contributed by atoms with Crippen LogP contribution in [0.1, 0.15) is 52.2 Å². The van der Waals surface area contributed by atoms with Crippen LogP contribution < -0.4 is 10.7 Å². The molecule has 1 saturated heterocycles. The molecule has 10 heteroatoms. The Hall–Kier alpha value is -3.27. The van der Waals surface area contributed by atoms with E-state index in [4.69, 9.17) is 4.74 Å². The number of nitrogens with one attached hydrogen (secondary N) is 1. The smallest absolute Gasteiger partial charge is 0.276 e. The molecule has 2 aromatic rings. The zero-order chi connectivity index (χ0) is 23.2. The lowest BCUT2D eigenvalue weighted by molar-refractivity contribution is -0.144. The third kappa shape index (κ3) is 2.93. The monoisotopic (exact) mass is 457 g/mol. The molecule has 2 N–H and O–H groups in total. The first-order valence-electron chi connectivity index (χ1n) is 10.9. The number of halogens is 2. The van der Waals surface area contributed by atoms with Gasteiger partial charge in [0, 0.05) is 23.9 Å². The van der Waals surface area contributed by atoms with E-state index >= 15 is 0 Å². The lowest BCUT2D eigenvalue weighted by atomic mass is 10.0. The molecule has 2 bridgehead atoms. The largest absolute Gasteiger partial charge is 0.503 e. The highest BCUT2D eigenvalue weighted by atomic mass is 19.1. The van der Waals surface area contributed by atoms with Gasteiger partial charge in [-0.2, -0.15) is 0 Å². The summed E-state index contributed by atoms with van der Waals surface area (Å²) in [6.07, 6.45) is 2.61. The van der Waals surface area contributed by atoms with Gasteiger partial charge in [0.05, 0.1) is 18.7 Å².